The highest BCUT2D eigenvalue weighted by molar-refractivity contribution is 6.03. The maximum Gasteiger partial charge on any atom is 0.412 e. The van der Waals surface area contributed by atoms with E-state index in [4.69, 9.17) is 4.74 Å². The van der Waals surface area contributed by atoms with E-state index in [1.165, 1.54) is 6.20 Å². The third kappa shape index (κ3) is 3.64. The van der Waals surface area contributed by atoms with Crippen molar-refractivity contribution in [1.82, 2.24) is 9.97 Å². The first-order valence-electron chi connectivity index (χ1n) is 8.23. The molecule has 2 aromatic heterocycles. The fourth-order valence-electron chi connectivity index (χ4n) is 2.68. The van der Waals surface area contributed by atoms with E-state index in [2.05, 4.69) is 15.3 Å². The van der Waals surface area contributed by atoms with E-state index in [-0.39, 0.29) is 5.69 Å². The van der Waals surface area contributed by atoms with Gasteiger partial charge in [0.1, 0.15) is 5.60 Å². The molecular formula is C20H20FN3O2. The Kier molecular flexibility index (Phi) is 4.59. The van der Waals surface area contributed by atoms with Crippen LogP contribution in [0, 0.1) is 12.7 Å². The van der Waals surface area contributed by atoms with E-state index in [1.807, 2.05) is 13.0 Å². The van der Waals surface area contributed by atoms with Crippen molar-refractivity contribution in [2.24, 2.45) is 0 Å². The van der Waals surface area contributed by atoms with Crippen LogP contribution in [-0.2, 0) is 4.74 Å². The molecule has 0 saturated heterocycles. The zero-order valence-electron chi connectivity index (χ0n) is 15.1. The number of ether oxygens (including phenoxy) is 1. The zero-order valence-corrected chi connectivity index (χ0v) is 15.1. The van der Waals surface area contributed by atoms with Crippen LogP contribution >= 0.6 is 0 Å². The minimum absolute atomic E-state index is 0.0445. The third-order valence-corrected chi connectivity index (χ3v) is 3.84. The van der Waals surface area contributed by atoms with Crippen LogP contribution in [-0.4, -0.2) is 21.7 Å². The predicted octanol–water partition coefficient (Wildman–Crippen LogP) is 5.09. The molecule has 0 bridgehead atoms. The molecule has 0 aliphatic carbocycles. The number of hydrogen-bond acceptors (Lipinski definition) is 4. The van der Waals surface area contributed by atoms with Gasteiger partial charge in [0.15, 0.2) is 5.82 Å². The lowest BCUT2D eigenvalue weighted by Gasteiger charge is -2.21. The van der Waals surface area contributed by atoms with Gasteiger partial charge in [-0.15, -0.1) is 0 Å². The first-order valence-corrected chi connectivity index (χ1v) is 8.23. The van der Waals surface area contributed by atoms with Gasteiger partial charge in [0.25, 0.3) is 0 Å². The number of rotatable bonds is 2. The van der Waals surface area contributed by atoms with Gasteiger partial charge < -0.3 is 4.74 Å². The van der Waals surface area contributed by atoms with Crippen molar-refractivity contribution in [1.29, 1.82) is 0 Å². The summed E-state index contributed by atoms with van der Waals surface area (Å²) in [5, 5.41) is 3.80. The minimum Gasteiger partial charge on any atom is -0.444 e. The molecule has 0 saturated carbocycles. The summed E-state index contributed by atoms with van der Waals surface area (Å²) >= 11 is 0. The maximum absolute atomic E-state index is 15.3. The van der Waals surface area contributed by atoms with Gasteiger partial charge in [-0.25, -0.2) is 9.18 Å². The van der Waals surface area contributed by atoms with Crippen molar-refractivity contribution in [2.75, 3.05) is 5.32 Å². The van der Waals surface area contributed by atoms with Crippen LogP contribution in [0.4, 0.5) is 14.9 Å². The Labute approximate surface area is 151 Å². The first-order chi connectivity index (χ1) is 12.3. The molecule has 0 spiro atoms. The molecule has 1 N–H and O–H groups in total. The highest BCUT2D eigenvalue weighted by Crippen LogP contribution is 2.35. The number of anilines is 1. The summed E-state index contributed by atoms with van der Waals surface area (Å²) < 4.78 is 20.6. The van der Waals surface area contributed by atoms with E-state index < -0.39 is 17.5 Å². The highest BCUT2D eigenvalue weighted by Gasteiger charge is 2.21. The average Bonchev–Trinajstić information content (AvgIpc) is 2.56. The number of nitrogens with zero attached hydrogens (tertiary/aromatic N) is 2. The number of halogens is 1. The van der Waals surface area contributed by atoms with Gasteiger partial charge in [0.2, 0.25) is 0 Å². The largest absolute Gasteiger partial charge is 0.444 e. The van der Waals surface area contributed by atoms with Crippen molar-refractivity contribution < 1.29 is 13.9 Å². The molecule has 26 heavy (non-hydrogen) atoms. The van der Waals surface area contributed by atoms with E-state index >= 15 is 4.39 Å². The number of carbonyl (C=O) groups is 1. The zero-order chi connectivity index (χ0) is 18.9. The second-order valence-electron chi connectivity index (χ2n) is 7.03. The number of pyridine rings is 2. The van der Waals surface area contributed by atoms with E-state index in [9.17, 15) is 4.79 Å². The molecule has 3 aromatic rings. The Bertz CT molecular complexity index is 980. The SMILES string of the molecule is Cc1ccncc1-c1cc2ccncc2c(NC(=O)OC(C)(C)C)c1F. The molecule has 0 fully saturated rings. The summed E-state index contributed by atoms with van der Waals surface area (Å²) in [5.74, 6) is -0.549. The Morgan fingerprint density at radius 3 is 2.50 bits per heavy atom. The van der Waals surface area contributed by atoms with E-state index in [1.54, 1.807) is 51.5 Å². The van der Waals surface area contributed by atoms with Crippen LogP contribution in [0.3, 0.4) is 0 Å². The van der Waals surface area contributed by atoms with Gasteiger partial charge in [0.05, 0.1) is 5.69 Å². The molecule has 0 radical (unpaired) electrons. The Balaban J connectivity index is 2.16. The fraction of sp³-hybridized carbons (Fsp3) is 0.250. The van der Waals surface area contributed by atoms with Gasteiger partial charge in [0, 0.05) is 41.3 Å². The highest BCUT2D eigenvalue weighted by atomic mass is 19.1. The third-order valence-electron chi connectivity index (χ3n) is 3.84. The quantitative estimate of drug-likeness (QED) is 0.697. The lowest BCUT2D eigenvalue weighted by molar-refractivity contribution is 0.0635. The standard InChI is InChI=1S/C20H20FN3O2/c1-12-5-7-22-10-15(12)14-9-13-6-8-23-11-16(13)18(17(14)21)24-19(25)26-20(2,3)4/h5-11H,1-4H3,(H,24,25). The summed E-state index contributed by atoms with van der Waals surface area (Å²) in [5.41, 5.74) is 1.27. The average molecular weight is 353 g/mol. The van der Waals surface area contributed by atoms with Crippen molar-refractivity contribution in [3.8, 4) is 11.1 Å². The molecule has 0 aliphatic heterocycles. The van der Waals surface area contributed by atoms with Gasteiger partial charge in [-0.1, -0.05) is 0 Å². The second-order valence-corrected chi connectivity index (χ2v) is 7.03. The van der Waals surface area contributed by atoms with Gasteiger partial charge in [-0.05, 0) is 56.8 Å². The summed E-state index contributed by atoms with van der Waals surface area (Å²) in [6.45, 7) is 7.13. The normalized spacial score (nSPS) is 11.4. The van der Waals surface area contributed by atoms with Crippen LogP contribution in [0.2, 0.25) is 0 Å². The predicted molar refractivity (Wildman–Crippen MR) is 99.5 cm³/mol. The lowest BCUT2D eigenvalue weighted by Crippen LogP contribution is -2.27. The summed E-state index contributed by atoms with van der Waals surface area (Å²) in [7, 11) is 0. The molecule has 1 aromatic carbocycles. The topological polar surface area (TPSA) is 64.1 Å². The number of nitrogens with one attached hydrogen (secondary N) is 1. The number of aryl methyl sites for hydroxylation is 1. The summed E-state index contributed by atoms with van der Waals surface area (Å²) in [6.07, 6.45) is 5.68. The molecule has 6 heteroatoms. The van der Waals surface area contributed by atoms with Gasteiger partial charge in [-0.3, -0.25) is 15.3 Å². The molecule has 0 unspecified atom stereocenters. The van der Waals surface area contributed by atoms with Crippen LogP contribution in [0.1, 0.15) is 26.3 Å². The van der Waals surface area contributed by atoms with E-state index in [0.29, 0.717) is 16.5 Å². The molecule has 134 valence electrons. The first kappa shape index (κ1) is 17.8. The number of carbonyl (C=O) groups excluding carboxylic acids is 1. The molecule has 1 amide bonds. The van der Waals surface area contributed by atoms with Crippen molar-refractivity contribution in [2.45, 2.75) is 33.3 Å². The van der Waals surface area contributed by atoms with Crippen molar-refractivity contribution in [3.63, 3.8) is 0 Å². The number of hydrogen-bond donors (Lipinski definition) is 1. The van der Waals surface area contributed by atoms with Crippen LogP contribution < -0.4 is 5.32 Å². The lowest BCUT2D eigenvalue weighted by atomic mass is 9.98. The number of fused-ring (bicyclic) bond motifs is 1. The Hall–Kier alpha value is -3.02. The van der Waals surface area contributed by atoms with Crippen LogP contribution in [0.15, 0.2) is 43.0 Å². The molecule has 2 heterocycles. The van der Waals surface area contributed by atoms with Crippen LogP contribution in [0.5, 0.6) is 0 Å². The number of aromatic nitrogens is 2. The van der Waals surface area contributed by atoms with Gasteiger partial charge >= 0.3 is 6.09 Å². The number of amides is 1. The monoisotopic (exact) mass is 353 g/mol. The molecule has 5 nitrogen and oxygen atoms in total. The summed E-state index contributed by atoms with van der Waals surface area (Å²) in [4.78, 5) is 20.3. The van der Waals surface area contributed by atoms with Crippen molar-refractivity contribution in [3.05, 3.63) is 54.4 Å². The fourth-order valence-corrected chi connectivity index (χ4v) is 2.68. The number of benzene rings is 1. The van der Waals surface area contributed by atoms with Gasteiger partial charge in [-0.2, -0.15) is 0 Å². The summed E-state index contributed by atoms with van der Waals surface area (Å²) in [6, 6.07) is 5.31. The smallest absolute Gasteiger partial charge is 0.412 e. The maximum atomic E-state index is 15.3. The Morgan fingerprint density at radius 1 is 1.12 bits per heavy atom. The van der Waals surface area contributed by atoms with Crippen molar-refractivity contribution >= 4 is 22.6 Å². The second kappa shape index (κ2) is 6.71. The van der Waals surface area contributed by atoms with E-state index in [0.717, 1.165) is 10.9 Å². The Morgan fingerprint density at radius 2 is 1.81 bits per heavy atom. The molecular weight excluding hydrogens is 333 g/mol. The molecule has 0 aliphatic rings. The molecule has 0 atom stereocenters. The molecule has 3 rings (SSSR count). The van der Waals surface area contributed by atoms with Crippen LogP contribution in [0.25, 0.3) is 21.9 Å². The minimum atomic E-state index is -0.721.